The predicted molar refractivity (Wildman–Crippen MR) is 113 cm³/mol. The fourth-order valence-electron chi connectivity index (χ4n) is 3.25. The summed E-state index contributed by atoms with van der Waals surface area (Å²) in [5, 5.41) is 2.92. The molecule has 0 saturated carbocycles. The Kier molecular flexibility index (Phi) is 7.32. The molecule has 1 aliphatic heterocycles. The summed E-state index contributed by atoms with van der Waals surface area (Å²) < 4.78 is 40.0. The van der Waals surface area contributed by atoms with Gasteiger partial charge in [-0.25, -0.2) is 12.8 Å². The van der Waals surface area contributed by atoms with E-state index in [1.54, 1.807) is 11.8 Å². The van der Waals surface area contributed by atoms with Gasteiger partial charge in [-0.3, -0.25) is 4.79 Å². The molecule has 3 rings (SSSR count). The minimum absolute atomic E-state index is 0.0504. The van der Waals surface area contributed by atoms with Crippen LogP contribution in [0.25, 0.3) is 0 Å². The van der Waals surface area contributed by atoms with Crippen molar-refractivity contribution < 1.29 is 17.6 Å². The van der Waals surface area contributed by atoms with Crippen LogP contribution in [-0.4, -0.2) is 44.0 Å². The topological polar surface area (TPSA) is 66.5 Å². The van der Waals surface area contributed by atoms with Gasteiger partial charge in [-0.05, 0) is 56.2 Å². The molecule has 1 heterocycles. The summed E-state index contributed by atoms with van der Waals surface area (Å²) in [5.41, 5.74) is 1.21. The molecular weight excluding hydrogens is 411 g/mol. The number of carbonyl (C=O) groups is 1. The van der Waals surface area contributed by atoms with Gasteiger partial charge in [0, 0.05) is 30.3 Å². The lowest BCUT2D eigenvalue weighted by molar-refractivity contribution is -0.125. The van der Waals surface area contributed by atoms with Gasteiger partial charge in [0.05, 0.1) is 10.8 Å². The number of piperidine rings is 1. The Labute approximate surface area is 175 Å². The fourth-order valence-corrected chi connectivity index (χ4v) is 5.54. The fraction of sp³-hybridized carbons (Fsp3) is 0.381. The molecular formula is C21H25FN2O3S2. The van der Waals surface area contributed by atoms with Crippen LogP contribution in [0.5, 0.6) is 0 Å². The summed E-state index contributed by atoms with van der Waals surface area (Å²) in [6, 6.07) is 13.0. The molecule has 1 N–H and O–H groups in total. The van der Waals surface area contributed by atoms with Crippen molar-refractivity contribution in [3.8, 4) is 0 Å². The van der Waals surface area contributed by atoms with E-state index in [1.807, 2.05) is 6.92 Å². The van der Waals surface area contributed by atoms with Crippen LogP contribution in [0.1, 0.15) is 18.4 Å². The highest BCUT2D eigenvalue weighted by Crippen LogP contribution is 2.24. The highest BCUT2D eigenvalue weighted by molar-refractivity contribution is 7.99. The zero-order chi connectivity index (χ0) is 20.9. The lowest BCUT2D eigenvalue weighted by Crippen LogP contribution is -2.45. The van der Waals surface area contributed by atoms with Gasteiger partial charge in [0.25, 0.3) is 0 Å². The highest BCUT2D eigenvalue weighted by Gasteiger charge is 2.33. The third-order valence-corrected chi connectivity index (χ3v) is 7.79. The van der Waals surface area contributed by atoms with Crippen molar-refractivity contribution >= 4 is 27.7 Å². The van der Waals surface area contributed by atoms with Crippen molar-refractivity contribution in [2.45, 2.75) is 29.6 Å². The summed E-state index contributed by atoms with van der Waals surface area (Å²) in [7, 11) is -3.73. The first-order valence-electron chi connectivity index (χ1n) is 9.59. The van der Waals surface area contributed by atoms with Crippen molar-refractivity contribution in [2.24, 2.45) is 5.92 Å². The molecule has 0 unspecified atom stereocenters. The van der Waals surface area contributed by atoms with Crippen LogP contribution in [0, 0.1) is 18.7 Å². The number of amides is 1. The molecule has 1 saturated heterocycles. The largest absolute Gasteiger partial charge is 0.355 e. The summed E-state index contributed by atoms with van der Waals surface area (Å²) in [6.07, 6.45) is 1.28. The molecule has 1 aliphatic rings. The van der Waals surface area contributed by atoms with Crippen molar-refractivity contribution in [3.05, 3.63) is 59.9 Å². The smallest absolute Gasteiger partial charge is 0.243 e. The first kappa shape index (κ1) is 21.8. The number of halogens is 1. The minimum atomic E-state index is -3.73. The Bertz CT molecular complexity index is 931. The van der Waals surface area contributed by atoms with Crippen LogP contribution < -0.4 is 5.32 Å². The summed E-state index contributed by atoms with van der Waals surface area (Å²) in [6.45, 7) is 3.08. The van der Waals surface area contributed by atoms with Crippen molar-refractivity contribution in [1.82, 2.24) is 9.62 Å². The van der Waals surface area contributed by atoms with Gasteiger partial charge >= 0.3 is 0 Å². The molecule has 1 atom stereocenters. The van der Waals surface area contributed by atoms with Gasteiger partial charge in [0.2, 0.25) is 15.9 Å². The maximum Gasteiger partial charge on any atom is 0.243 e. The summed E-state index contributed by atoms with van der Waals surface area (Å²) in [5.74, 6) is -0.223. The number of nitrogens with zero attached hydrogens (tertiary/aromatic N) is 1. The van der Waals surface area contributed by atoms with Crippen LogP contribution >= 0.6 is 11.8 Å². The Morgan fingerprint density at radius 2 is 1.86 bits per heavy atom. The Hall–Kier alpha value is -1.90. The van der Waals surface area contributed by atoms with E-state index in [0.29, 0.717) is 25.9 Å². The van der Waals surface area contributed by atoms with Crippen LogP contribution in [-0.2, 0) is 14.8 Å². The SMILES string of the molecule is Cc1ccc(SCCNC(=O)[C@@H]2CCCN(S(=O)(=O)c3ccc(F)cc3)C2)cc1. The molecule has 0 aliphatic carbocycles. The molecule has 0 spiro atoms. The molecule has 29 heavy (non-hydrogen) atoms. The van der Waals surface area contributed by atoms with E-state index in [4.69, 9.17) is 0 Å². The number of benzene rings is 2. The van der Waals surface area contributed by atoms with E-state index in [0.717, 1.165) is 22.8 Å². The van der Waals surface area contributed by atoms with Crippen molar-refractivity contribution in [3.63, 3.8) is 0 Å². The normalized spacial score (nSPS) is 17.8. The monoisotopic (exact) mass is 436 g/mol. The van der Waals surface area contributed by atoms with Crippen molar-refractivity contribution in [1.29, 1.82) is 0 Å². The number of thioether (sulfide) groups is 1. The Morgan fingerprint density at radius 3 is 2.55 bits per heavy atom. The third kappa shape index (κ3) is 5.81. The first-order valence-corrected chi connectivity index (χ1v) is 12.0. The number of hydrogen-bond donors (Lipinski definition) is 1. The number of hydrogen-bond acceptors (Lipinski definition) is 4. The maximum atomic E-state index is 13.1. The van der Waals surface area contributed by atoms with Gasteiger partial charge in [-0.15, -0.1) is 11.8 Å². The predicted octanol–water partition coefficient (Wildman–Crippen LogP) is 3.44. The lowest BCUT2D eigenvalue weighted by Gasteiger charge is -2.31. The van der Waals surface area contributed by atoms with E-state index in [1.165, 1.54) is 22.0 Å². The number of carbonyl (C=O) groups excluding carboxylic acids is 1. The second-order valence-electron chi connectivity index (χ2n) is 7.11. The number of nitrogens with one attached hydrogen (secondary N) is 1. The molecule has 8 heteroatoms. The van der Waals surface area contributed by atoms with Gasteiger partial charge in [-0.1, -0.05) is 17.7 Å². The molecule has 2 aromatic rings. The van der Waals surface area contributed by atoms with E-state index in [2.05, 4.69) is 29.6 Å². The van der Waals surface area contributed by atoms with E-state index in [9.17, 15) is 17.6 Å². The third-order valence-electron chi connectivity index (χ3n) is 4.90. The van der Waals surface area contributed by atoms with Crippen LogP contribution in [0.4, 0.5) is 4.39 Å². The molecule has 5 nitrogen and oxygen atoms in total. The van der Waals surface area contributed by atoms with Crippen LogP contribution in [0.3, 0.4) is 0 Å². The first-order chi connectivity index (χ1) is 13.9. The molecule has 0 radical (unpaired) electrons. The van der Waals surface area contributed by atoms with E-state index < -0.39 is 15.8 Å². The molecule has 2 aromatic carbocycles. The summed E-state index contributed by atoms with van der Waals surface area (Å²) in [4.78, 5) is 13.7. The zero-order valence-corrected chi connectivity index (χ0v) is 17.9. The number of aryl methyl sites for hydroxylation is 1. The maximum absolute atomic E-state index is 13.1. The van der Waals surface area contributed by atoms with Gasteiger partial charge < -0.3 is 5.32 Å². The van der Waals surface area contributed by atoms with Crippen LogP contribution in [0.2, 0.25) is 0 Å². The average Bonchev–Trinajstić information content (AvgIpc) is 2.73. The highest BCUT2D eigenvalue weighted by atomic mass is 32.2. The number of rotatable bonds is 7. The second-order valence-corrected chi connectivity index (χ2v) is 10.2. The van der Waals surface area contributed by atoms with Crippen LogP contribution in [0.15, 0.2) is 58.3 Å². The molecule has 1 amide bonds. The average molecular weight is 437 g/mol. The molecule has 0 aromatic heterocycles. The van der Waals surface area contributed by atoms with E-state index >= 15 is 0 Å². The summed E-state index contributed by atoms with van der Waals surface area (Å²) >= 11 is 1.67. The lowest BCUT2D eigenvalue weighted by atomic mass is 9.99. The molecule has 1 fully saturated rings. The quantitative estimate of drug-likeness (QED) is 0.533. The Balaban J connectivity index is 1.51. The zero-order valence-electron chi connectivity index (χ0n) is 16.3. The van der Waals surface area contributed by atoms with Gasteiger partial charge in [0.1, 0.15) is 5.82 Å². The Morgan fingerprint density at radius 1 is 1.17 bits per heavy atom. The molecule has 156 valence electrons. The van der Waals surface area contributed by atoms with E-state index in [-0.39, 0.29) is 23.3 Å². The second kappa shape index (κ2) is 9.73. The standard InChI is InChI=1S/C21H25FN2O3S2/c1-16-4-8-19(9-5-16)28-14-12-23-21(25)17-3-2-13-24(15-17)29(26,27)20-10-6-18(22)7-11-20/h4-11,17H,2-3,12-15H2,1H3,(H,23,25)/t17-/m1/s1. The minimum Gasteiger partial charge on any atom is -0.355 e. The van der Waals surface area contributed by atoms with Gasteiger partial charge in [-0.2, -0.15) is 4.31 Å². The number of sulfonamides is 1. The van der Waals surface area contributed by atoms with Gasteiger partial charge in [0.15, 0.2) is 0 Å². The molecule has 0 bridgehead atoms. The van der Waals surface area contributed by atoms with Crippen molar-refractivity contribution in [2.75, 3.05) is 25.4 Å².